The molecule has 7 heteroatoms. The summed E-state index contributed by atoms with van der Waals surface area (Å²) in [6.45, 7) is 4.11. The van der Waals surface area contributed by atoms with E-state index in [0.717, 1.165) is 0 Å². The van der Waals surface area contributed by atoms with Gasteiger partial charge in [0.15, 0.2) is 0 Å². The van der Waals surface area contributed by atoms with E-state index in [1.165, 1.54) is 12.1 Å². The molecule has 1 amide bonds. The molecule has 0 spiro atoms. The first-order valence-corrected chi connectivity index (χ1v) is 7.90. The van der Waals surface area contributed by atoms with E-state index >= 15 is 0 Å². The minimum Gasteiger partial charge on any atom is -0.326 e. The molecular formula is C13H21N3O3S. The summed E-state index contributed by atoms with van der Waals surface area (Å²) in [6, 6.07) is 5.93. The van der Waals surface area contributed by atoms with Crippen molar-refractivity contribution in [3.63, 3.8) is 0 Å². The standard InChI is InChI=1S/C13H21N3O3S/c1-10(2)16-20(18,19)12-6-4-11(5-7-12)15-13(17)8-9-14-3/h4-7,10,14,16H,8-9H2,1-3H3,(H,15,17). The number of carbonyl (C=O) groups excluding carboxylic acids is 1. The van der Waals surface area contributed by atoms with Gasteiger partial charge in [-0.15, -0.1) is 0 Å². The summed E-state index contributed by atoms with van der Waals surface area (Å²) in [5, 5.41) is 5.59. The first kappa shape index (κ1) is 16.6. The van der Waals surface area contributed by atoms with Crippen LogP contribution >= 0.6 is 0 Å². The summed E-state index contributed by atoms with van der Waals surface area (Å²) >= 11 is 0. The second-order valence-corrected chi connectivity index (χ2v) is 6.42. The quantitative estimate of drug-likeness (QED) is 0.699. The number of anilines is 1. The second kappa shape index (κ2) is 7.37. The van der Waals surface area contributed by atoms with Gasteiger partial charge in [0.1, 0.15) is 0 Å². The number of hydrogen-bond acceptors (Lipinski definition) is 4. The number of hydrogen-bond donors (Lipinski definition) is 3. The first-order valence-electron chi connectivity index (χ1n) is 6.42. The third-order valence-corrected chi connectivity index (χ3v) is 4.12. The predicted octanol–water partition coefficient (Wildman–Crippen LogP) is 0.921. The molecule has 0 aliphatic rings. The molecule has 0 aliphatic heterocycles. The van der Waals surface area contributed by atoms with E-state index in [-0.39, 0.29) is 16.8 Å². The summed E-state index contributed by atoms with van der Waals surface area (Å²) in [5.74, 6) is -0.115. The maximum atomic E-state index is 11.9. The van der Waals surface area contributed by atoms with Gasteiger partial charge in [-0.2, -0.15) is 0 Å². The van der Waals surface area contributed by atoms with Crippen LogP contribution in [0.1, 0.15) is 20.3 Å². The molecule has 0 saturated carbocycles. The zero-order valence-corrected chi connectivity index (χ0v) is 12.8. The molecule has 0 aliphatic carbocycles. The van der Waals surface area contributed by atoms with Crippen molar-refractivity contribution < 1.29 is 13.2 Å². The zero-order valence-electron chi connectivity index (χ0n) is 11.9. The molecule has 0 atom stereocenters. The van der Waals surface area contributed by atoms with Gasteiger partial charge in [-0.3, -0.25) is 4.79 Å². The normalized spacial score (nSPS) is 11.6. The predicted molar refractivity (Wildman–Crippen MR) is 79.1 cm³/mol. The molecule has 112 valence electrons. The van der Waals surface area contributed by atoms with Crippen LogP contribution in [0.4, 0.5) is 5.69 Å². The van der Waals surface area contributed by atoms with Crippen LogP contribution in [0.3, 0.4) is 0 Å². The van der Waals surface area contributed by atoms with Gasteiger partial charge in [-0.05, 0) is 45.2 Å². The van der Waals surface area contributed by atoms with Crippen LogP contribution in [0, 0.1) is 0 Å². The Bertz CT molecular complexity index is 538. The number of sulfonamides is 1. The van der Waals surface area contributed by atoms with Crippen LogP contribution in [-0.4, -0.2) is 34.0 Å². The van der Waals surface area contributed by atoms with E-state index in [1.54, 1.807) is 33.0 Å². The lowest BCUT2D eigenvalue weighted by atomic mass is 10.3. The number of benzene rings is 1. The summed E-state index contributed by atoms with van der Waals surface area (Å²) in [5.41, 5.74) is 0.578. The Morgan fingerprint density at radius 1 is 1.20 bits per heavy atom. The minimum absolute atomic E-state index is 0.115. The van der Waals surface area contributed by atoms with Crippen molar-refractivity contribution in [3.05, 3.63) is 24.3 Å². The molecule has 0 fully saturated rings. The first-order chi connectivity index (χ1) is 9.35. The van der Waals surface area contributed by atoms with E-state index in [0.29, 0.717) is 18.7 Å². The lowest BCUT2D eigenvalue weighted by molar-refractivity contribution is -0.116. The van der Waals surface area contributed by atoms with Crippen LogP contribution in [0.15, 0.2) is 29.2 Å². The molecule has 0 unspecified atom stereocenters. The van der Waals surface area contributed by atoms with Crippen molar-refractivity contribution in [1.29, 1.82) is 0 Å². The maximum absolute atomic E-state index is 11.9. The SMILES string of the molecule is CNCCC(=O)Nc1ccc(S(=O)(=O)NC(C)C)cc1. The zero-order chi connectivity index (χ0) is 15.2. The number of amides is 1. The lowest BCUT2D eigenvalue weighted by Crippen LogP contribution is -2.30. The molecule has 1 rings (SSSR count). The van der Waals surface area contributed by atoms with E-state index < -0.39 is 10.0 Å². The highest BCUT2D eigenvalue weighted by Crippen LogP contribution is 2.14. The Morgan fingerprint density at radius 3 is 2.30 bits per heavy atom. The van der Waals surface area contributed by atoms with Gasteiger partial charge in [-0.25, -0.2) is 13.1 Å². The van der Waals surface area contributed by atoms with E-state index in [4.69, 9.17) is 0 Å². The fourth-order valence-corrected chi connectivity index (χ4v) is 2.81. The molecule has 1 aromatic carbocycles. The van der Waals surface area contributed by atoms with Crippen LogP contribution in [0.2, 0.25) is 0 Å². The Kier molecular flexibility index (Phi) is 6.12. The van der Waals surface area contributed by atoms with E-state index in [9.17, 15) is 13.2 Å². The highest BCUT2D eigenvalue weighted by Gasteiger charge is 2.15. The van der Waals surface area contributed by atoms with Crippen molar-refractivity contribution in [2.24, 2.45) is 0 Å². The smallest absolute Gasteiger partial charge is 0.240 e. The third-order valence-electron chi connectivity index (χ3n) is 2.44. The average molecular weight is 299 g/mol. The van der Waals surface area contributed by atoms with E-state index in [2.05, 4.69) is 15.4 Å². The van der Waals surface area contributed by atoms with E-state index in [1.807, 2.05) is 0 Å². The maximum Gasteiger partial charge on any atom is 0.240 e. The largest absolute Gasteiger partial charge is 0.326 e. The van der Waals surface area contributed by atoms with Crippen molar-refractivity contribution >= 4 is 21.6 Å². The van der Waals surface area contributed by atoms with Crippen molar-refractivity contribution in [2.75, 3.05) is 18.9 Å². The summed E-state index contributed by atoms with van der Waals surface area (Å²) in [4.78, 5) is 11.7. The second-order valence-electron chi connectivity index (χ2n) is 4.70. The summed E-state index contributed by atoms with van der Waals surface area (Å²) in [7, 11) is -1.72. The van der Waals surface area contributed by atoms with Gasteiger partial charge in [0.25, 0.3) is 0 Å². The summed E-state index contributed by atoms with van der Waals surface area (Å²) < 4.78 is 26.3. The van der Waals surface area contributed by atoms with Gasteiger partial charge < -0.3 is 10.6 Å². The molecule has 3 N–H and O–H groups in total. The number of rotatable bonds is 7. The molecule has 0 bridgehead atoms. The summed E-state index contributed by atoms with van der Waals surface area (Å²) in [6.07, 6.45) is 0.367. The van der Waals surface area contributed by atoms with Crippen LogP contribution in [-0.2, 0) is 14.8 Å². The van der Waals surface area contributed by atoms with Gasteiger partial charge in [0.2, 0.25) is 15.9 Å². The molecule has 0 heterocycles. The molecule has 20 heavy (non-hydrogen) atoms. The molecule has 0 saturated heterocycles. The molecule has 0 radical (unpaired) electrons. The monoisotopic (exact) mass is 299 g/mol. The fourth-order valence-electron chi connectivity index (χ4n) is 1.56. The van der Waals surface area contributed by atoms with Gasteiger partial charge in [-0.1, -0.05) is 0 Å². The Hall–Kier alpha value is -1.44. The Labute approximate surface area is 120 Å². The lowest BCUT2D eigenvalue weighted by Gasteiger charge is -2.10. The molecule has 1 aromatic rings. The highest BCUT2D eigenvalue weighted by atomic mass is 32.2. The Morgan fingerprint density at radius 2 is 1.80 bits per heavy atom. The average Bonchev–Trinajstić information content (AvgIpc) is 2.35. The topological polar surface area (TPSA) is 87.3 Å². The van der Waals surface area contributed by atoms with Crippen molar-refractivity contribution in [1.82, 2.24) is 10.0 Å². The highest BCUT2D eigenvalue weighted by molar-refractivity contribution is 7.89. The van der Waals surface area contributed by atoms with Crippen LogP contribution < -0.4 is 15.4 Å². The number of nitrogens with one attached hydrogen (secondary N) is 3. The van der Waals surface area contributed by atoms with Gasteiger partial charge in [0.05, 0.1) is 4.90 Å². The van der Waals surface area contributed by atoms with Crippen molar-refractivity contribution in [3.8, 4) is 0 Å². The van der Waals surface area contributed by atoms with Gasteiger partial charge >= 0.3 is 0 Å². The third kappa shape index (κ3) is 5.28. The van der Waals surface area contributed by atoms with Gasteiger partial charge in [0, 0.05) is 24.7 Å². The minimum atomic E-state index is -3.49. The fraction of sp³-hybridized carbons (Fsp3) is 0.462. The molecule has 0 aromatic heterocycles. The Balaban J connectivity index is 2.72. The molecular weight excluding hydrogens is 278 g/mol. The molecule has 6 nitrogen and oxygen atoms in total. The number of carbonyl (C=O) groups is 1. The van der Waals surface area contributed by atoms with Crippen LogP contribution in [0.5, 0.6) is 0 Å². The van der Waals surface area contributed by atoms with Crippen LogP contribution in [0.25, 0.3) is 0 Å². The van der Waals surface area contributed by atoms with Crippen molar-refractivity contribution in [2.45, 2.75) is 31.2 Å².